The summed E-state index contributed by atoms with van der Waals surface area (Å²) in [7, 11) is 1.96. The highest BCUT2D eigenvalue weighted by atomic mass is 15.4. The van der Waals surface area contributed by atoms with Crippen LogP contribution in [0.25, 0.3) is 0 Å². The van der Waals surface area contributed by atoms with Crippen molar-refractivity contribution in [3.05, 3.63) is 17.0 Å². The molecule has 1 atom stereocenters. The first-order chi connectivity index (χ1) is 8.58. The van der Waals surface area contributed by atoms with Gasteiger partial charge in [0, 0.05) is 24.8 Å². The summed E-state index contributed by atoms with van der Waals surface area (Å²) in [5.41, 5.74) is 9.11. The van der Waals surface area contributed by atoms with E-state index in [9.17, 15) is 0 Å². The molecule has 0 fully saturated rings. The Morgan fingerprint density at radius 3 is 2.78 bits per heavy atom. The van der Waals surface area contributed by atoms with E-state index in [0.717, 1.165) is 24.6 Å². The summed E-state index contributed by atoms with van der Waals surface area (Å²) in [6, 6.07) is 0.166. The number of fused-ring (bicyclic) bond motifs is 1. The summed E-state index contributed by atoms with van der Waals surface area (Å²) in [6.45, 7) is 4.98. The number of nitrogens with one attached hydrogen (secondary N) is 1. The van der Waals surface area contributed by atoms with Crippen LogP contribution in [0.15, 0.2) is 0 Å². The second kappa shape index (κ2) is 3.72. The lowest BCUT2D eigenvalue weighted by atomic mass is 10.0. The third kappa shape index (κ3) is 1.47. The largest absolute Gasteiger partial charge is 0.366 e. The summed E-state index contributed by atoms with van der Waals surface area (Å²) in [6.07, 6.45) is 0.961. The van der Waals surface area contributed by atoms with Gasteiger partial charge in [0.2, 0.25) is 11.9 Å². The molecular weight excluding hydrogens is 230 g/mol. The van der Waals surface area contributed by atoms with Crippen molar-refractivity contribution in [1.29, 1.82) is 0 Å². The van der Waals surface area contributed by atoms with Crippen LogP contribution in [0.3, 0.4) is 0 Å². The van der Waals surface area contributed by atoms with E-state index < -0.39 is 0 Å². The number of aryl methyl sites for hydroxylation is 2. The first kappa shape index (κ1) is 11.1. The second-order valence-corrected chi connectivity index (χ2v) is 4.68. The third-order valence-electron chi connectivity index (χ3n) is 3.54. The van der Waals surface area contributed by atoms with Crippen molar-refractivity contribution in [1.82, 2.24) is 24.5 Å². The molecule has 1 unspecified atom stereocenters. The van der Waals surface area contributed by atoms with E-state index in [0.29, 0.717) is 5.95 Å². The van der Waals surface area contributed by atoms with Crippen LogP contribution in [0.1, 0.15) is 29.4 Å². The van der Waals surface area contributed by atoms with Crippen LogP contribution in [-0.4, -0.2) is 31.1 Å². The highest BCUT2D eigenvalue weighted by molar-refractivity contribution is 5.39. The number of nitrogen functional groups attached to an aromatic ring is 1. The fourth-order valence-electron chi connectivity index (χ4n) is 2.66. The zero-order chi connectivity index (χ0) is 12.9. The number of hydrogen-bond acceptors (Lipinski definition) is 5. The predicted octanol–water partition coefficient (Wildman–Crippen LogP) is 0.616. The van der Waals surface area contributed by atoms with Gasteiger partial charge in [-0.25, -0.2) is 4.68 Å². The molecule has 1 aliphatic rings. The Kier molecular flexibility index (Phi) is 2.29. The lowest BCUT2D eigenvalue weighted by Gasteiger charge is -2.24. The fraction of sp³-hybridized carbons (Fsp3) is 0.545. The van der Waals surface area contributed by atoms with Crippen molar-refractivity contribution in [2.75, 3.05) is 17.6 Å². The average molecular weight is 247 g/mol. The summed E-state index contributed by atoms with van der Waals surface area (Å²) in [4.78, 5) is 4.18. The molecule has 0 saturated carbocycles. The molecule has 0 amide bonds. The maximum atomic E-state index is 5.68. The molecule has 0 bridgehead atoms. The smallest absolute Gasteiger partial charge is 0.241 e. The fourth-order valence-corrected chi connectivity index (χ4v) is 2.66. The molecular formula is C11H17N7. The molecule has 0 radical (unpaired) electrons. The van der Waals surface area contributed by atoms with Gasteiger partial charge in [0.15, 0.2) is 0 Å². The van der Waals surface area contributed by atoms with Crippen molar-refractivity contribution < 1.29 is 0 Å². The molecule has 0 saturated heterocycles. The summed E-state index contributed by atoms with van der Waals surface area (Å²) >= 11 is 0. The number of aromatic nitrogens is 5. The summed E-state index contributed by atoms with van der Waals surface area (Å²) in [5, 5.41) is 12.0. The first-order valence-corrected chi connectivity index (χ1v) is 6.04. The Balaban J connectivity index is 2.13. The number of rotatable bonds is 1. The van der Waals surface area contributed by atoms with Crippen molar-refractivity contribution in [3.8, 4) is 0 Å². The van der Waals surface area contributed by atoms with Gasteiger partial charge in [0.25, 0.3) is 0 Å². The molecule has 1 aliphatic heterocycles. The zero-order valence-electron chi connectivity index (χ0n) is 10.8. The number of nitrogens with two attached hydrogens (primary N) is 1. The van der Waals surface area contributed by atoms with Gasteiger partial charge in [-0.15, -0.1) is 5.10 Å². The van der Waals surface area contributed by atoms with Crippen LogP contribution < -0.4 is 11.1 Å². The Hall–Kier alpha value is -2.05. The highest BCUT2D eigenvalue weighted by Crippen LogP contribution is 2.32. The Morgan fingerprint density at radius 2 is 2.11 bits per heavy atom. The normalized spacial score (nSPS) is 18.5. The van der Waals surface area contributed by atoms with Gasteiger partial charge in [-0.1, -0.05) is 0 Å². The molecule has 3 heterocycles. The molecule has 3 N–H and O–H groups in total. The van der Waals surface area contributed by atoms with Crippen molar-refractivity contribution in [2.45, 2.75) is 26.3 Å². The van der Waals surface area contributed by atoms with Crippen LogP contribution >= 0.6 is 0 Å². The maximum absolute atomic E-state index is 5.68. The second-order valence-electron chi connectivity index (χ2n) is 4.68. The maximum Gasteiger partial charge on any atom is 0.241 e. The van der Waals surface area contributed by atoms with Crippen LogP contribution in [0.2, 0.25) is 0 Å². The van der Waals surface area contributed by atoms with Crippen molar-refractivity contribution in [3.63, 3.8) is 0 Å². The van der Waals surface area contributed by atoms with Gasteiger partial charge in [-0.05, 0) is 20.3 Å². The van der Waals surface area contributed by atoms with Crippen molar-refractivity contribution in [2.24, 2.45) is 7.05 Å². The lowest BCUT2D eigenvalue weighted by molar-refractivity contribution is 0.477. The highest BCUT2D eigenvalue weighted by Gasteiger charge is 2.28. The van der Waals surface area contributed by atoms with Gasteiger partial charge in [0.1, 0.15) is 0 Å². The number of nitrogens with zero attached hydrogens (tertiary/aromatic N) is 5. The van der Waals surface area contributed by atoms with Crippen LogP contribution in [0.4, 0.5) is 11.9 Å². The van der Waals surface area contributed by atoms with E-state index >= 15 is 0 Å². The topological polar surface area (TPSA) is 86.6 Å². The summed E-state index contributed by atoms with van der Waals surface area (Å²) < 4.78 is 3.78. The molecule has 7 nitrogen and oxygen atoms in total. The molecule has 0 spiro atoms. The van der Waals surface area contributed by atoms with E-state index in [1.54, 1.807) is 0 Å². The molecule has 96 valence electrons. The zero-order valence-corrected chi connectivity index (χ0v) is 10.8. The van der Waals surface area contributed by atoms with Crippen LogP contribution in [-0.2, 0) is 7.05 Å². The molecule has 0 aromatic carbocycles. The first-order valence-electron chi connectivity index (χ1n) is 6.04. The molecule has 7 heteroatoms. The Morgan fingerprint density at radius 1 is 1.33 bits per heavy atom. The SMILES string of the molecule is Cc1nn(C)c(C)c1C1CCNc2nc(N)nn21. The molecule has 0 aliphatic carbocycles. The summed E-state index contributed by atoms with van der Waals surface area (Å²) in [5.74, 6) is 1.05. The molecule has 2 aromatic rings. The van der Waals surface area contributed by atoms with Gasteiger partial charge >= 0.3 is 0 Å². The minimum absolute atomic E-state index is 0.166. The van der Waals surface area contributed by atoms with E-state index in [1.807, 2.05) is 23.3 Å². The van der Waals surface area contributed by atoms with Crippen molar-refractivity contribution >= 4 is 11.9 Å². The molecule has 2 aromatic heterocycles. The van der Waals surface area contributed by atoms with Crippen LogP contribution in [0, 0.1) is 13.8 Å². The average Bonchev–Trinajstić information content (AvgIpc) is 2.80. The standard InChI is InChI=1S/C11H17N7/c1-6-9(7(2)17(3)15-6)8-4-5-13-11-14-10(12)16-18(8)11/h8H,4-5H2,1-3H3,(H3,12,13,14,16). The van der Waals surface area contributed by atoms with E-state index in [4.69, 9.17) is 5.73 Å². The molecule has 18 heavy (non-hydrogen) atoms. The minimum atomic E-state index is 0.166. The van der Waals surface area contributed by atoms with Gasteiger partial charge in [0.05, 0.1) is 11.7 Å². The van der Waals surface area contributed by atoms with Crippen LogP contribution in [0.5, 0.6) is 0 Å². The Labute approximate surface area is 105 Å². The van der Waals surface area contributed by atoms with Gasteiger partial charge in [-0.2, -0.15) is 10.1 Å². The quantitative estimate of drug-likeness (QED) is 0.771. The van der Waals surface area contributed by atoms with E-state index in [-0.39, 0.29) is 6.04 Å². The molecule has 3 rings (SSSR count). The van der Waals surface area contributed by atoms with Gasteiger partial charge in [-0.3, -0.25) is 4.68 Å². The lowest BCUT2D eigenvalue weighted by Crippen LogP contribution is -2.25. The Bertz CT molecular complexity index is 595. The predicted molar refractivity (Wildman–Crippen MR) is 68.4 cm³/mol. The minimum Gasteiger partial charge on any atom is -0.366 e. The number of anilines is 2. The van der Waals surface area contributed by atoms with E-state index in [2.05, 4.69) is 27.4 Å². The number of hydrogen-bond donors (Lipinski definition) is 2. The monoisotopic (exact) mass is 247 g/mol. The van der Waals surface area contributed by atoms with E-state index in [1.165, 1.54) is 11.3 Å². The van der Waals surface area contributed by atoms with Gasteiger partial charge < -0.3 is 11.1 Å². The third-order valence-corrected chi connectivity index (χ3v) is 3.54.